The fraction of sp³-hybridized carbons (Fsp3) is 0.632. The zero-order chi connectivity index (χ0) is 17.7. The molecule has 3 rings (SSSR count). The van der Waals surface area contributed by atoms with Crippen LogP contribution in [0.1, 0.15) is 12.0 Å². The quantitative estimate of drug-likeness (QED) is 0.827. The molecule has 0 aromatic heterocycles. The Morgan fingerprint density at radius 1 is 1.20 bits per heavy atom. The third-order valence-electron chi connectivity index (χ3n) is 5.25. The van der Waals surface area contributed by atoms with Crippen LogP contribution in [-0.4, -0.2) is 73.2 Å². The average molecular weight is 349 g/mol. The Balaban J connectivity index is 1.73. The summed E-state index contributed by atoms with van der Waals surface area (Å²) in [6.45, 7) is 4.27. The monoisotopic (exact) mass is 349 g/mol. The Kier molecular flexibility index (Phi) is 6.06. The van der Waals surface area contributed by atoms with Gasteiger partial charge in [0.05, 0.1) is 32.5 Å². The van der Waals surface area contributed by atoms with Crippen molar-refractivity contribution in [2.45, 2.75) is 18.9 Å². The fourth-order valence-corrected chi connectivity index (χ4v) is 3.88. The SMILES string of the molecule is O=C(O)[C@]1(Cc2ccccc2)CN(CC2COCCOC2)CC[C@H]1O. The number of carboxylic acids is 1. The summed E-state index contributed by atoms with van der Waals surface area (Å²) in [5.41, 5.74) is -0.238. The van der Waals surface area contributed by atoms with Crippen LogP contribution in [-0.2, 0) is 20.7 Å². The van der Waals surface area contributed by atoms with E-state index in [9.17, 15) is 15.0 Å². The predicted octanol–water partition coefficient (Wildman–Crippen LogP) is 1.03. The molecule has 0 aliphatic carbocycles. The van der Waals surface area contributed by atoms with Crippen LogP contribution < -0.4 is 0 Å². The van der Waals surface area contributed by atoms with Gasteiger partial charge in [-0.2, -0.15) is 0 Å². The van der Waals surface area contributed by atoms with Crippen LogP contribution in [0.2, 0.25) is 0 Å². The number of aliphatic hydroxyl groups excluding tert-OH is 1. The third kappa shape index (κ3) is 4.39. The van der Waals surface area contributed by atoms with Crippen molar-refractivity contribution in [2.75, 3.05) is 46.1 Å². The summed E-state index contributed by atoms with van der Waals surface area (Å²) in [6.07, 6.45) is -0.0467. The summed E-state index contributed by atoms with van der Waals surface area (Å²) in [6, 6.07) is 9.55. The number of likely N-dealkylation sites (tertiary alicyclic amines) is 1. The molecule has 0 radical (unpaired) electrons. The van der Waals surface area contributed by atoms with Crippen molar-refractivity contribution < 1.29 is 24.5 Å². The molecule has 1 aromatic carbocycles. The summed E-state index contributed by atoms with van der Waals surface area (Å²) in [4.78, 5) is 14.3. The molecule has 6 nitrogen and oxygen atoms in total. The van der Waals surface area contributed by atoms with Crippen molar-refractivity contribution in [2.24, 2.45) is 11.3 Å². The molecule has 2 saturated heterocycles. The summed E-state index contributed by atoms with van der Waals surface area (Å²) in [7, 11) is 0. The molecule has 0 saturated carbocycles. The maximum Gasteiger partial charge on any atom is 0.313 e. The second-order valence-corrected chi connectivity index (χ2v) is 7.18. The smallest absolute Gasteiger partial charge is 0.313 e. The van der Waals surface area contributed by atoms with Gasteiger partial charge in [0.15, 0.2) is 0 Å². The number of hydrogen-bond donors (Lipinski definition) is 2. The molecule has 2 fully saturated rings. The largest absolute Gasteiger partial charge is 0.481 e. The zero-order valence-electron chi connectivity index (χ0n) is 14.5. The van der Waals surface area contributed by atoms with Crippen LogP contribution in [0.3, 0.4) is 0 Å². The first-order valence-electron chi connectivity index (χ1n) is 8.93. The maximum absolute atomic E-state index is 12.1. The van der Waals surface area contributed by atoms with Gasteiger partial charge in [0.25, 0.3) is 0 Å². The minimum atomic E-state index is -1.17. The van der Waals surface area contributed by atoms with Gasteiger partial charge >= 0.3 is 5.97 Å². The molecule has 25 heavy (non-hydrogen) atoms. The average Bonchev–Trinajstić information content (AvgIpc) is 2.87. The highest BCUT2D eigenvalue weighted by Gasteiger charge is 2.49. The van der Waals surface area contributed by atoms with Crippen LogP contribution in [0, 0.1) is 11.3 Å². The lowest BCUT2D eigenvalue weighted by molar-refractivity contribution is -0.163. The Morgan fingerprint density at radius 3 is 2.52 bits per heavy atom. The van der Waals surface area contributed by atoms with Crippen molar-refractivity contribution >= 4 is 5.97 Å². The molecule has 6 heteroatoms. The topological polar surface area (TPSA) is 79.2 Å². The number of aliphatic carboxylic acids is 1. The van der Waals surface area contributed by atoms with Gasteiger partial charge in [-0.3, -0.25) is 4.79 Å². The first-order valence-corrected chi connectivity index (χ1v) is 8.93. The van der Waals surface area contributed by atoms with E-state index in [0.717, 1.165) is 12.1 Å². The molecule has 2 heterocycles. The minimum absolute atomic E-state index is 0.237. The molecule has 138 valence electrons. The van der Waals surface area contributed by atoms with Crippen LogP contribution in [0.25, 0.3) is 0 Å². The zero-order valence-corrected chi connectivity index (χ0v) is 14.5. The Morgan fingerprint density at radius 2 is 1.88 bits per heavy atom. The number of carboxylic acid groups (broad SMARTS) is 1. The first kappa shape index (κ1) is 18.3. The highest BCUT2D eigenvalue weighted by Crippen LogP contribution is 2.35. The fourth-order valence-electron chi connectivity index (χ4n) is 3.88. The van der Waals surface area contributed by atoms with E-state index in [1.165, 1.54) is 0 Å². The van der Waals surface area contributed by atoms with E-state index in [4.69, 9.17) is 9.47 Å². The first-order chi connectivity index (χ1) is 12.1. The van der Waals surface area contributed by atoms with Crippen LogP contribution in [0.5, 0.6) is 0 Å². The summed E-state index contributed by atoms with van der Waals surface area (Å²) in [5, 5.41) is 20.5. The molecule has 2 atom stereocenters. The highest BCUT2D eigenvalue weighted by atomic mass is 16.5. The molecule has 2 aliphatic rings. The van der Waals surface area contributed by atoms with Crippen LogP contribution >= 0.6 is 0 Å². The summed E-state index contributed by atoms with van der Waals surface area (Å²) >= 11 is 0. The van der Waals surface area contributed by atoms with E-state index >= 15 is 0 Å². The van der Waals surface area contributed by atoms with E-state index in [1.54, 1.807) is 0 Å². The maximum atomic E-state index is 12.1. The van der Waals surface area contributed by atoms with Crippen molar-refractivity contribution in [3.63, 3.8) is 0 Å². The molecule has 0 unspecified atom stereocenters. The summed E-state index contributed by atoms with van der Waals surface area (Å²) in [5.74, 6) is -0.692. The van der Waals surface area contributed by atoms with E-state index in [2.05, 4.69) is 4.90 Å². The van der Waals surface area contributed by atoms with Gasteiger partial charge in [0, 0.05) is 25.6 Å². The molecule has 1 aromatic rings. The van der Waals surface area contributed by atoms with Gasteiger partial charge in [-0.25, -0.2) is 0 Å². The van der Waals surface area contributed by atoms with E-state index < -0.39 is 17.5 Å². The molecule has 2 aliphatic heterocycles. The highest BCUT2D eigenvalue weighted by molar-refractivity contribution is 5.76. The number of carbonyl (C=O) groups is 1. The number of piperidine rings is 1. The second-order valence-electron chi connectivity index (χ2n) is 7.18. The predicted molar refractivity (Wildman–Crippen MR) is 92.4 cm³/mol. The number of aliphatic hydroxyl groups is 1. The molecular weight excluding hydrogens is 322 g/mol. The Bertz CT molecular complexity index is 558. The van der Waals surface area contributed by atoms with Gasteiger partial charge in [0.2, 0.25) is 0 Å². The van der Waals surface area contributed by atoms with Crippen molar-refractivity contribution in [1.29, 1.82) is 0 Å². The summed E-state index contributed by atoms with van der Waals surface area (Å²) < 4.78 is 11.1. The molecule has 0 spiro atoms. The normalized spacial score (nSPS) is 29.2. The number of benzene rings is 1. The lowest BCUT2D eigenvalue weighted by Crippen LogP contribution is -2.58. The van der Waals surface area contributed by atoms with E-state index in [1.807, 2.05) is 30.3 Å². The number of ether oxygens (including phenoxy) is 2. The Hall–Kier alpha value is -1.47. The minimum Gasteiger partial charge on any atom is -0.481 e. The van der Waals surface area contributed by atoms with E-state index in [0.29, 0.717) is 52.4 Å². The van der Waals surface area contributed by atoms with Gasteiger partial charge in [-0.1, -0.05) is 30.3 Å². The Labute approximate surface area is 148 Å². The van der Waals surface area contributed by atoms with Gasteiger partial charge in [0.1, 0.15) is 5.41 Å². The van der Waals surface area contributed by atoms with Gasteiger partial charge in [-0.15, -0.1) is 0 Å². The number of hydrogen-bond acceptors (Lipinski definition) is 5. The van der Waals surface area contributed by atoms with E-state index in [-0.39, 0.29) is 5.92 Å². The van der Waals surface area contributed by atoms with Gasteiger partial charge in [-0.05, 0) is 18.4 Å². The van der Waals surface area contributed by atoms with Crippen LogP contribution in [0.15, 0.2) is 30.3 Å². The van der Waals surface area contributed by atoms with Crippen molar-refractivity contribution in [3.05, 3.63) is 35.9 Å². The third-order valence-corrected chi connectivity index (χ3v) is 5.25. The number of nitrogens with zero attached hydrogens (tertiary/aromatic N) is 1. The molecule has 0 bridgehead atoms. The lowest BCUT2D eigenvalue weighted by atomic mass is 9.72. The lowest BCUT2D eigenvalue weighted by Gasteiger charge is -2.44. The van der Waals surface area contributed by atoms with Crippen LogP contribution in [0.4, 0.5) is 0 Å². The molecule has 2 N–H and O–H groups in total. The molecular formula is C19H27NO5. The number of rotatable bonds is 5. The van der Waals surface area contributed by atoms with Gasteiger partial charge < -0.3 is 24.6 Å². The molecule has 0 amide bonds. The van der Waals surface area contributed by atoms with Crippen molar-refractivity contribution in [3.8, 4) is 0 Å². The standard InChI is InChI=1S/C19H27NO5/c21-17-6-7-20(11-16-12-24-8-9-25-13-16)14-19(17,18(22)23)10-15-4-2-1-3-5-15/h1-5,16-17,21H,6-14H2,(H,22,23)/t17-,19-/m1/s1. The second kappa shape index (κ2) is 8.27. The van der Waals surface area contributed by atoms with Crippen molar-refractivity contribution in [1.82, 2.24) is 4.90 Å².